The SMILES string of the molecule is Cc1ccccc1/C=C(\NC(=O)c1ccccc1)C(=O)Nc1cccc(SC(C)C(=O)Nc2cc(C(=O)O)ccc2C)c1. The second kappa shape index (κ2) is 14.2. The van der Waals surface area contributed by atoms with Crippen LogP contribution in [0.4, 0.5) is 11.4 Å². The first-order valence-corrected chi connectivity index (χ1v) is 14.4. The quantitative estimate of drug-likeness (QED) is 0.122. The van der Waals surface area contributed by atoms with E-state index in [1.807, 2.05) is 37.3 Å². The maximum absolute atomic E-state index is 13.4. The Hall–Kier alpha value is -5.15. The van der Waals surface area contributed by atoms with Crippen molar-refractivity contribution in [1.82, 2.24) is 5.32 Å². The number of hydrogen-bond acceptors (Lipinski definition) is 5. The first kappa shape index (κ1) is 30.8. The average molecular weight is 594 g/mol. The van der Waals surface area contributed by atoms with E-state index in [1.54, 1.807) is 74.5 Å². The van der Waals surface area contributed by atoms with Crippen molar-refractivity contribution in [2.75, 3.05) is 10.6 Å². The molecule has 0 bridgehead atoms. The molecule has 8 nitrogen and oxygen atoms in total. The fourth-order valence-electron chi connectivity index (χ4n) is 4.07. The van der Waals surface area contributed by atoms with Crippen molar-refractivity contribution in [3.05, 3.63) is 131 Å². The summed E-state index contributed by atoms with van der Waals surface area (Å²) in [6.07, 6.45) is 1.64. The van der Waals surface area contributed by atoms with Crippen LogP contribution in [0, 0.1) is 13.8 Å². The predicted octanol–water partition coefficient (Wildman–Crippen LogP) is 6.53. The zero-order valence-electron chi connectivity index (χ0n) is 23.9. The molecule has 0 spiro atoms. The van der Waals surface area contributed by atoms with Crippen LogP contribution in [-0.2, 0) is 9.59 Å². The average Bonchev–Trinajstić information content (AvgIpc) is 2.99. The molecule has 0 aliphatic carbocycles. The molecule has 0 saturated carbocycles. The number of anilines is 2. The van der Waals surface area contributed by atoms with Crippen LogP contribution in [0.5, 0.6) is 0 Å². The Morgan fingerprint density at radius 2 is 1.49 bits per heavy atom. The minimum absolute atomic E-state index is 0.0768. The number of benzene rings is 4. The maximum Gasteiger partial charge on any atom is 0.335 e. The van der Waals surface area contributed by atoms with E-state index in [1.165, 1.54) is 23.9 Å². The molecule has 0 aromatic heterocycles. The molecular weight excluding hydrogens is 562 g/mol. The molecule has 0 fully saturated rings. The minimum atomic E-state index is -1.08. The van der Waals surface area contributed by atoms with E-state index in [9.17, 15) is 24.3 Å². The third-order valence-electron chi connectivity index (χ3n) is 6.53. The molecule has 4 aromatic carbocycles. The van der Waals surface area contributed by atoms with E-state index in [2.05, 4.69) is 16.0 Å². The smallest absolute Gasteiger partial charge is 0.335 e. The van der Waals surface area contributed by atoms with Crippen molar-refractivity contribution in [2.24, 2.45) is 0 Å². The van der Waals surface area contributed by atoms with Crippen molar-refractivity contribution in [1.29, 1.82) is 0 Å². The van der Waals surface area contributed by atoms with Crippen LogP contribution in [0.25, 0.3) is 6.08 Å². The molecule has 4 aromatic rings. The largest absolute Gasteiger partial charge is 0.478 e. The molecule has 9 heteroatoms. The number of aryl methyl sites for hydroxylation is 2. The van der Waals surface area contributed by atoms with Gasteiger partial charge in [0.1, 0.15) is 5.70 Å². The van der Waals surface area contributed by atoms with Gasteiger partial charge in [-0.25, -0.2) is 4.79 Å². The van der Waals surface area contributed by atoms with Gasteiger partial charge in [0.05, 0.1) is 10.8 Å². The second-order valence-corrected chi connectivity index (χ2v) is 11.2. The fourth-order valence-corrected chi connectivity index (χ4v) is 5.00. The van der Waals surface area contributed by atoms with Gasteiger partial charge < -0.3 is 21.1 Å². The highest BCUT2D eigenvalue weighted by atomic mass is 32.2. The monoisotopic (exact) mass is 593 g/mol. The van der Waals surface area contributed by atoms with Crippen LogP contribution in [0.2, 0.25) is 0 Å². The highest BCUT2D eigenvalue weighted by Gasteiger charge is 2.18. The van der Waals surface area contributed by atoms with Gasteiger partial charge in [-0.05, 0) is 86.0 Å². The lowest BCUT2D eigenvalue weighted by Gasteiger charge is -2.15. The topological polar surface area (TPSA) is 125 Å². The van der Waals surface area contributed by atoms with E-state index in [0.717, 1.165) is 21.6 Å². The number of aromatic carboxylic acids is 1. The number of rotatable bonds is 10. The van der Waals surface area contributed by atoms with Crippen molar-refractivity contribution in [2.45, 2.75) is 30.9 Å². The molecule has 0 saturated heterocycles. The predicted molar refractivity (Wildman–Crippen MR) is 170 cm³/mol. The molecule has 1 atom stereocenters. The van der Waals surface area contributed by atoms with Gasteiger partial charge in [-0.15, -0.1) is 11.8 Å². The summed E-state index contributed by atoms with van der Waals surface area (Å²) in [5, 5.41) is 17.1. The molecule has 1 unspecified atom stereocenters. The van der Waals surface area contributed by atoms with Crippen LogP contribution >= 0.6 is 11.8 Å². The van der Waals surface area contributed by atoms with Gasteiger partial charge in [-0.3, -0.25) is 14.4 Å². The number of hydrogen-bond donors (Lipinski definition) is 4. The van der Waals surface area contributed by atoms with Crippen molar-refractivity contribution < 1.29 is 24.3 Å². The Balaban J connectivity index is 1.49. The number of carboxylic acids is 1. The Morgan fingerprint density at radius 3 is 2.21 bits per heavy atom. The van der Waals surface area contributed by atoms with Crippen LogP contribution in [0.1, 0.15) is 44.3 Å². The van der Waals surface area contributed by atoms with Gasteiger partial charge in [0.25, 0.3) is 11.8 Å². The highest BCUT2D eigenvalue weighted by molar-refractivity contribution is 8.00. The lowest BCUT2D eigenvalue weighted by molar-refractivity contribution is -0.115. The van der Waals surface area contributed by atoms with Gasteiger partial charge in [-0.2, -0.15) is 0 Å². The van der Waals surface area contributed by atoms with Gasteiger partial charge in [0.2, 0.25) is 5.91 Å². The maximum atomic E-state index is 13.4. The van der Waals surface area contributed by atoms with E-state index in [0.29, 0.717) is 16.9 Å². The number of carbonyl (C=O) groups excluding carboxylic acids is 3. The summed E-state index contributed by atoms with van der Waals surface area (Å²) < 4.78 is 0. The molecule has 4 rings (SSSR count). The summed E-state index contributed by atoms with van der Waals surface area (Å²) in [5.74, 6) is -2.29. The van der Waals surface area contributed by atoms with E-state index < -0.39 is 23.0 Å². The zero-order chi connectivity index (χ0) is 30.9. The summed E-state index contributed by atoms with van der Waals surface area (Å²) in [4.78, 5) is 51.4. The molecule has 3 amide bonds. The van der Waals surface area contributed by atoms with E-state index in [-0.39, 0.29) is 17.2 Å². The molecule has 0 heterocycles. The van der Waals surface area contributed by atoms with Gasteiger partial charge in [0, 0.05) is 21.8 Å². The fraction of sp³-hybridized carbons (Fsp3) is 0.118. The second-order valence-electron chi connectivity index (χ2n) is 9.80. The van der Waals surface area contributed by atoms with Gasteiger partial charge >= 0.3 is 5.97 Å². The van der Waals surface area contributed by atoms with Crippen molar-refractivity contribution in [3.63, 3.8) is 0 Å². The first-order chi connectivity index (χ1) is 20.6. The summed E-state index contributed by atoms with van der Waals surface area (Å²) >= 11 is 1.29. The zero-order valence-corrected chi connectivity index (χ0v) is 24.7. The Bertz CT molecular complexity index is 1700. The normalized spacial score (nSPS) is 11.7. The molecular formula is C34H31N3O5S. The van der Waals surface area contributed by atoms with Gasteiger partial charge in [0.15, 0.2) is 0 Å². The molecule has 0 aliphatic heterocycles. The first-order valence-electron chi connectivity index (χ1n) is 13.5. The molecule has 0 radical (unpaired) electrons. The van der Waals surface area contributed by atoms with Crippen molar-refractivity contribution in [3.8, 4) is 0 Å². The molecule has 0 aliphatic rings. The minimum Gasteiger partial charge on any atom is -0.478 e. The lowest BCUT2D eigenvalue weighted by Crippen LogP contribution is -2.30. The number of nitrogens with one attached hydrogen (secondary N) is 3. The third kappa shape index (κ3) is 8.43. The van der Waals surface area contributed by atoms with E-state index in [4.69, 9.17) is 0 Å². The third-order valence-corrected chi connectivity index (χ3v) is 7.63. The van der Waals surface area contributed by atoms with Crippen LogP contribution in [0.15, 0.2) is 108 Å². The Labute approximate surface area is 254 Å². The summed E-state index contributed by atoms with van der Waals surface area (Å²) in [7, 11) is 0. The van der Waals surface area contributed by atoms with Crippen LogP contribution in [0.3, 0.4) is 0 Å². The number of carboxylic acid groups (broad SMARTS) is 1. The summed E-state index contributed by atoms with van der Waals surface area (Å²) in [6, 6.07) is 27.8. The molecule has 218 valence electrons. The Morgan fingerprint density at radius 1 is 0.767 bits per heavy atom. The highest BCUT2D eigenvalue weighted by Crippen LogP contribution is 2.28. The standard InChI is InChI=1S/C34H31N3O5S/c1-21-10-7-8-13-25(21)18-30(37-32(39)24-11-5-4-6-12-24)33(40)35-27-14-9-15-28(20-27)43-23(3)31(38)36-29-19-26(34(41)42)17-16-22(29)2/h4-20,23H,1-3H3,(H,35,40)(H,36,38)(H,37,39)(H,41,42)/b30-18-. The number of thioether (sulfide) groups is 1. The van der Waals surface area contributed by atoms with Gasteiger partial charge in [-0.1, -0.05) is 54.6 Å². The number of carbonyl (C=O) groups is 4. The summed E-state index contributed by atoms with van der Waals surface area (Å²) in [6.45, 7) is 5.45. The molecule has 4 N–H and O–H groups in total. The number of amides is 3. The van der Waals surface area contributed by atoms with Crippen LogP contribution in [-0.4, -0.2) is 34.0 Å². The lowest BCUT2D eigenvalue weighted by atomic mass is 10.1. The summed E-state index contributed by atoms with van der Waals surface area (Å²) in [5.41, 5.74) is 3.97. The Kier molecular flexibility index (Phi) is 10.1. The van der Waals surface area contributed by atoms with Crippen LogP contribution < -0.4 is 16.0 Å². The van der Waals surface area contributed by atoms with Crippen molar-refractivity contribution >= 4 is 52.9 Å². The molecule has 43 heavy (non-hydrogen) atoms. The van der Waals surface area contributed by atoms with E-state index >= 15 is 0 Å².